The Kier molecular flexibility index (Phi) is 5.14. The number of hydrogen-bond donors (Lipinski definition) is 2. The highest BCUT2D eigenvalue weighted by Gasteiger charge is 2.29. The Balaban J connectivity index is 2.02. The Morgan fingerprint density at radius 2 is 2.21 bits per heavy atom. The van der Waals surface area contributed by atoms with Gasteiger partial charge in [-0.15, -0.1) is 5.10 Å². The van der Waals surface area contributed by atoms with Crippen LogP contribution >= 0.6 is 0 Å². The highest BCUT2D eigenvalue weighted by atomic mass is 16.2. The predicted molar refractivity (Wildman–Crippen MR) is 89.7 cm³/mol. The molecule has 2 N–H and O–H groups in total. The molecule has 0 aliphatic carbocycles. The van der Waals surface area contributed by atoms with Gasteiger partial charge >= 0.3 is 0 Å². The second kappa shape index (κ2) is 7.08. The number of anilines is 1. The molecule has 0 radical (unpaired) electrons. The van der Waals surface area contributed by atoms with Crippen molar-refractivity contribution in [3.63, 3.8) is 0 Å². The number of tetrazole rings is 1. The summed E-state index contributed by atoms with van der Waals surface area (Å²) < 4.78 is 1.58. The predicted octanol–water partition coefficient (Wildman–Crippen LogP) is 1.34. The van der Waals surface area contributed by atoms with Gasteiger partial charge in [-0.05, 0) is 35.4 Å². The Hall–Kier alpha value is -2.95. The van der Waals surface area contributed by atoms with Crippen molar-refractivity contribution in [2.45, 2.75) is 26.3 Å². The van der Waals surface area contributed by atoms with E-state index < -0.39 is 5.54 Å². The summed E-state index contributed by atoms with van der Waals surface area (Å²) in [6, 6.07) is 9.63. The molecule has 0 spiro atoms. The van der Waals surface area contributed by atoms with Crippen molar-refractivity contribution in [3.05, 3.63) is 24.3 Å². The number of aryl methyl sites for hydroxylation is 1. The van der Waals surface area contributed by atoms with E-state index in [0.717, 1.165) is 11.3 Å². The van der Waals surface area contributed by atoms with Crippen LogP contribution in [-0.4, -0.2) is 38.2 Å². The maximum Gasteiger partial charge on any atom is 0.240 e. The summed E-state index contributed by atoms with van der Waals surface area (Å²) in [4.78, 5) is 12.1. The fourth-order valence-corrected chi connectivity index (χ4v) is 2.06. The Morgan fingerprint density at radius 1 is 1.46 bits per heavy atom. The summed E-state index contributed by atoms with van der Waals surface area (Å²) in [6.07, 6.45) is 0. The minimum atomic E-state index is -0.884. The average Bonchev–Trinajstić information content (AvgIpc) is 2.99. The van der Waals surface area contributed by atoms with E-state index in [9.17, 15) is 10.1 Å². The van der Waals surface area contributed by atoms with Crippen molar-refractivity contribution in [3.8, 4) is 17.5 Å². The molecule has 1 amide bonds. The van der Waals surface area contributed by atoms with E-state index >= 15 is 0 Å². The van der Waals surface area contributed by atoms with E-state index in [1.54, 1.807) is 18.7 Å². The highest BCUT2D eigenvalue weighted by molar-refractivity contribution is 5.82. The third kappa shape index (κ3) is 3.87. The van der Waals surface area contributed by atoms with Crippen LogP contribution < -0.4 is 10.6 Å². The first-order valence-electron chi connectivity index (χ1n) is 7.64. The number of carbonyl (C=O) groups excluding carboxylic acids is 1. The normalized spacial score (nSPS) is 13.2. The molecule has 0 aliphatic heterocycles. The minimum Gasteiger partial charge on any atom is -0.376 e. The lowest BCUT2D eigenvalue weighted by molar-refractivity contribution is -0.121. The number of nitrogens with zero attached hydrogens (tertiary/aromatic N) is 5. The maximum atomic E-state index is 12.1. The quantitative estimate of drug-likeness (QED) is 0.829. The summed E-state index contributed by atoms with van der Waals surface area (Å²) in [5.74, 6) is 0.414. The smallest absolute Gasteiger partial charge is 0.240 e. The summed E-state index contributed by atoms with van der Waals surface area (Å²) in [5, 5.41) is 26.4. The van der Waals surface area contributed by atoms with E-state index in [1.165, 1.54) is 0 Å². The van der Waals surface area contributed by atoms with Gasteiger partial charge in [-0.2, -0.15) is 5.26 Å². The number of hydrogen-bond acceptors (Lipinski definition) is 6. The van der Waals surface area contributed by atoms with Crippen molar-refractivity contribution in [1.82, 2.24) is 25.5 Å². The molecule has 2 rings (SSSR count). The number of aromatic nitrogens is 4. The first-order chi connectivity index (χ1) is 11.4. The summed E-state index contributed by atoms with van der Waals surface area (Å²) in [5.41, 5.74) is 0.732. The van der Waals surface area contributed by atoms with Gasteiger partial charge in [0, 0.05) is 18.3 Å². The van der Waals surface area contributed by atoms with Crippen LogP contribution in [0.2, 0.25) is 0 Å². The number of carbonyl (C=O) groups is 1. The van der Waals surface area contributed by atoms with Gasteiger partial charge in [-0.25, -0.2) is 4.68 Å². The first kappa shape index (κ1) is 17.4. The van der Waals surface area contributed by atoms with E-state index in [0.29, 0.717) is 5.82 Å². The average molecular weight is 327 g/mol. The summed E-state index contributed by atoms with van der Waals surface area (Å²) >= 11 is 0. The third-order valence-corrected chi connectivity index (χ3v) is 3.98. The third-order valence-electron chi connectivity index (χ3n) is 3.98. The van der Waals surface area contributed by atoms with E-state index in [-0.39, 0.29) is 18.4 Å². The number of rotatable bonds is 6. The highest BCUT2D eigenvalue weighted by Crippen LogP contribution is 2.19. The zero-order valence-electron chi connectivity index (χ0n) is 14.2. The molecule has 126 valence electrons. The molecule has 1 unspecified atom stereocenters. The number of nitrogens with one attached hydrogen (secondary N) is 2. The van der Waals surface area contributed by atoms with Gasteiger partial charge in [-0.3, -0.25) is 4.79 Å². The van der Waals surface area contributed by atoms with Crippen LogP contribution in [0.25, 0.3) is 11.4 Å². The molecule has 0 saturated carbocycles. The molecule has 24 heavy (non-hydrogen) atoms. The molecule has 1 aromatic heterocycles. The van der Waals surface area contributed by atoms with Gasteiger partial charge in [0.15, 0.2) is 5.82 Å². The lowest BCUT2D eigenvalue weighted by Crippen LogP contribution is -2.50. The minimum absolute atomic E-state index is 0.0122. The molecule has 2 aromatic rings. The largest absolute Gasteiger partial charge is 0.376 e. The fraction of sp³-hybridized carbons (Fsp3) is 0.438. The fourth-order valence-electron chi connectivity index (χ4n) is 2.06. The van der Waals surface area contributed by atoms with Crippen molar-refractivity contribution < 1.29 is 4.79 Å². The number of amides is 1. The van der Waals surface area contributed by atoms with Gasteiger partial charge < -0.3 is 10.6 Å². The molecular formula is C16H21N7O. The van der Waals surface area contributed by atoms with Crippen LogP contribution in [0.3, 0.4) is 0 Å². The van der Waals surface area contributed by atoms with Crippen LogP contribution in [0.5, 0.6) is 0 Å². The van der Waals surface area contributed by atoms with Gasteiger partial charge in [0.25, 0.3) is 0 Å². The number of benzene rings is 1. The molecule has 1 heterocycles. The first-order valence-corrected chi connectivity index (χ1v) is 7.64. The zero-order chi connectivity index (χ0) is 17.7. The Bertz CT molecular complexity index is 762. The van der Waals surface area contributed by atoms with Crippen molar-refractivity contribution in [1.29, 1.82) is 5.26 Å². The SMILES string of the molecule is CC(C)C(C)(C#N)NC(=O)CNc1cccc(-c2nnnn2C)c1. The molecule has 0 fully saturated rings. The molecule has 8 heteroatoms. The van der Waals surface area contributed by atoms with Gasteiger partial charge in [0.1, 0.15) is 5.54 Å². The van der Waals surface area contributed by atoms with Crippen LogP contribution in [0.4, 0.5) is 5.69 Å². The lowest BCUT2D eigenvalue weighted by Gasteiger charge is -2.27. The molecule has 0 aliphatic rings. The second-order valence-corrected chi connectivity index (χ2v) is 6.08. The van der Waals surface area contributed by atoms with Gasteiger partial charge in [-0.1, -0.05) is 26.0 Å². The molecule has 8 nitrogen and oxygen atoms in total. The van der Waals surface area contributed by atoms with Gasteiger partial charge in [0.05, 0.1) is 12.6 Å². The lowest BCUT2D eigenvalue weighted by atomic mass is 9.90. The molecule has 0 bridgehead atoms. The van der Waals surface area contributed by atoms with Crippen LogP contribution in [0.1, 0.15) is 20.8 Å². The van der Waals surface area contributed by atoms with E-state index in [1.807, 2.05) is 38.1 Å². The van der Waals surface area contributed by atoms with Crippen molar-refractivity contribution in [2.24, 2.45) is 13.0 Å². The zero-order valence-corrected chi connectivity index (χ0v) is 14.2. The standard InChI is InChI=1S/C16H21N7O/c1-11(2)16(3,10-17)19-14(24)9-18-13-7-5-6-12(8-13)15-20-21-22-23(15)4/h5-8,11,18H,9H2,1-4H3,(H,19,24). The molecule has 1 atom stereocenters. The maximum absolute atomic E-state index is 12.1. The van der Waals surface area contributed by atoms with Crippen molar-refractivity contribution in [2.75, 3.05) is 11.9 Å². The molecule has 1 aromatic carbocycles. The summed E-state index contributed by atoms with van der Waals surface area (Å²) in [7, 11) is 1.76. The molecular weight excluding hydrogens is 306 g/mol. The topological polar surface area (TPSA) is 109 Å². The van der Waals surface area contributed by atoms with Crippen LogP contribution in [0, 0.1) is 17.2 Å². The van der Waals surface area contributed by atoms with Crippen LogP contribution in [0.15, 0.2) is 24.3 Å². The van der Waals surface area contributed by atoms with E-state index in [4.69, 9.17) is 0 Å². The van der Waals surface area contributed by atoms with Gasteiger partial charge in [0.2, 0.25) is 5.91 Å². The second-order valence-electron chi connectivity index (χ2n) is 6.08. The van der Waals surface area contributed by atoms with Crippen LogP contribution in [-0.2, 0) is 11.8 Å². The van der Waals surface area contributed by atoms with Crippen molar-refractivity contribution >= 4 is 11.6 Å². The molecule has 0 saturated heterocycles. The monoisotopic (exact) mass is 327 g/mol. The Labute approximate surface area is 140 Å². The van der Waals surface area contributed by atoms with E-state index in [2.05, 4.69) is 32.2 Å². The Morgan fingerprint density at radius 3 is 2.79 bits per heavy atom. The summed E-state index contributed by atoms with van der Waals surface area (Å²) in [6.45, 7) is 5.59. The number of nitriles is 1.